The predicted molar refractivity (Wildman–Crippen MR) is 90.7 cm³/mol. The molecule has 0 saturated carbocycles. The first kappa shape index (κ1) is 15.3. The summed E-state index contributed by atoms with van der Waals surface area (Å²) in [6.45, 7) is 2.88. The third-order valence-electron chi connectivity index (χ3n) is 3.59. The lowest BCUT2D eigenvalue weighted by atomic mass is 10.2. The van der Waals surface area contributed by atoms with Gasteiger partial charge in [0.15, 0.2) is 0 Å². The van der Waals surface area contributed by atoms with Crippen LogP contribution in [0.15, 0.2) is 60.8 Å². The highest BCUT2D eigenvalue weighted by atomic mass is 16.5. The molecule has 0 aliphatic rings. The van der Waals surface area contributed by atoms with Gasteiger partial charge in [-0.3, -0.25) is 0 Å². The highest BCUT2D eigenvalue weighted by Crippen LogP contribution is 2.22. The molecule has 0 bridgehead atoms. The Morgan fingerprint density at radius 3 is 2.65 bits per heavy atom. The number of hydrogen-bond donors (Lipinski definition) is 0. The quantitative estimate of drug-likeness (QED) is 0.647. The third kappa shape index (κ3) is 4.42. The fraction of sp³-hybridized carbons (Fsp3) is 0.263. The van der Waals surface area contributed by atoms with Gasteiger partial charge in [0.25, 0.3) is 0 Å². The summed E-state index contributed by atoms with van der Waals surface area (Å²) in [6, 6.07) is 17.9. The Hall–Kier alpha value is -2.62. The molecule has 0 N–H and O–H groups in total. The molecule has 0 unspecified atom stereocenters. The van der Waals surface area contributed by atoms with Crippen LogP contribution in [0.5, 0.6) is 11.5 Å². The lowest BCUT2D eigenvalue weighted by molar-refractivity contribution is 0.481. The first-order chi connectivity index (χ1) is 11.3. The lowest BCUT2D eigenvalue weighted by Gasteiger charge is -2.07. The van der Waals surface area contributed by atoms with Gasteiger partial charge in [0.1, 0.15) is 11.5 Å². The average Bonchev–Trinajstić information content (AvgIpc) is 3.01. The van der Waals surface area contributed by atoms with Gasteiger partial charge in [0, 0.05) is 6.20 Å². The molecule has 23 heavy (non-hydrogen) atoms. The number of aryl methyl sites for hydroxylation is 1. The molecule has 0 amide bonds. The Kier molecular flexibility index (Phi) is 5.04. The van der Waals surface area contributed by atoms with E-state index in [-0.39, 0.29) is 0 Å². The number of hydrogen-bond acceptors (Lipinski definition) is 3. The summed E-state index contributed by atoms with van der Waals surface area (Å²) in [5.41, 5.74) is 2.20. The van der Waals surface area contributed by atoms with E-state index >= 15 is 0 Å². The second-order valence-corrected chi connectivity index (χ2v) is 5.57. The number of rotatable bonds is 7. The van der Waals surface area contributed by atoms with Crippen LogP contribution in [0.1, 0.15) is 31.0 Å². The standard InChI is InChI=1S/C19H21N3O/c1-2-3-9-17-15-22(21-20-17)14-16-8-7-12-19(13-16)23-18-10-5-4-6-11-18/h4-8,10-13,15H,2-3,9,14H2,1H3. The van der Waals surface area contributed by atoms with Gasteiger partial charge in [0.05, 0.1) is 12.2 Å². The van der Waals surface area contributed by atoms with E-state index in [2.05, 4.69) is 23.3 Å². The molecule has 0 radical (unpaired) electrons. The van der Waals surface area contributed by atoms with Crippen molar-refractivity contribution in [1.82, 2.24) is 15.0 Å². The first-order valence-electron chi connectivity index (χ1n) is 8.04. The first-order valence-corrected chi connectivity index (χ1v) is 8.04. The van der Waals surface area contributed by atoms with Crippen molar-refractivity contribution in [2.24, 2.45) is 0 Å². The summed E-state index contributed by atoms with van der Waals surface area (Å²) < 4.78 is 7.75. The molecular formula is C19H21N3O. The van der Waals surface area contributed by atoms with Gasteiger partial charge in [-0.05, 0) is 42.7 Å². The van der Waals surface area contributed by atoms with Gasteiger partial charge in [-0.15, -0.1) is 5.10 Å². The van der Waals surface area contributed by atoms with Gasteiger partial charge in [0.2, 0.25) is 0 Å². The largest absolute Gasteiger partial charge is 0.457 e. The molecule has 0 aliphatic heterocycles. The minimum Gasteiger partial charge on any atom is -0.457 e. The van der Waals surface area contributed by atoms with Crippen molar-refractivity contribution in [1.29, 1.82) is 0 Å². The number of nitrogens with zero attached hydrogens (tertiary/aromatic N) is 3. The molecule has 0 fully saturated rings. The van der Waals surface area contributed by atoms with Gasteiger partial charge in [-0.2, -0.15) is 0 Å². The molecule has 3 rings (SSSR count). The molecule has 118 valence electrons. The van der Waals surface area contributed by atoms with E-state index in [1.54, 1.807) is 0 Å². The van der Waals surface area contributed by atoms with E-state index in [1.165, 1.54) is 6.42 Å². The van der Waals surface area contributed by atoms with Crippen LogP contribution in [-0.2, 0) is 13.0 Å². The van der Waals surface area contributed by atoms with Crippen LogP contribution in [0.4, 0.5) is 0 Å². The average molecular weight is 307 g/mol. The van der Waals surface area contributed by atoms with Crippen LogP contribution in [0, 0.1) is 0 Å². The fourth-order valence-electron chi connectivity index (χ4n) is 2.41. The number of benzene rings is 2. The maximum absolute atomic E-state index is 5.87. The topological polar surface area (TPSA) is 39.9 Å². The molecule has 4 nitrogen and oxygen atoms in total. The van der Waals surface area contributed by atoms with Crippen LogP contribution >= 0.6 is 0 Å². The summed E-state index contributed by atoms with van der Waals surface area (Å²) in [5.74, 6) is 1.67. The van der Waals surface area contributed by atoms with Gasteiger partial charge >= 0.3 is 0 Å². The molecule has 1 aromatic heterocycles. The van der Waals surface area contributed by atoms with Crippen molar-refractivity contribution in [3.05, 3.63) is 72.1 Å². The second kappa shape index (κ2) is 7.58. The van der Waals surface area contributed by atoms with E-state index in [9.17, 15) is 0 Å². The SMILES string of the molecule is CCCCc1cn(Cc2cccc(Oc3ccccc3)c2)nn1. The highest BCUT2D eigenvalue weighted by molar-refractivity contribution is 5.33. The maximum Gasteiger partial charge on any atom is 0.127 e. The highest BCUT2D eigenvalue weighted by Gasteiger charge is 2.03. The molecule has 3 aromatic rings. The van der Waals surface area contributed by atoms with E-state index in [4.69, 9.17) is 4.74 Å². The Morgan fingerprint density at radius 1 is 1.00 bits per heavy atom. The molecule has 0 spiro atoms. The molecule has 0 atom stereocenters. The molecule has 0 aliphatic carbocycles. The normalized spacial score (nSPS) is 10.7. The Labute approximate surface area is 136 Å². The van der Waals surface area contributed by atoms with Crippen molar-refractivity contribution in [3.63, 3.8) is 0 Å². The third-order valence-corrected chi connectivity index (χ3v) is 3.59. The summed E-state index contributed by atoms with van der Waals surface area (Å²) >= 11 is 0. The van der Waals surface area contributed by atoms with E-state index in [1.807, 2.05) is 59.4 Å². The summed E-state index contributed by atoms with van der Waals surface area (Å²) in [5, 5.41) is 8.43. The van der Waals surface area contributed by atoms with Crippen LogP contribution in [0.25, 0.3) is 0 Å². The Balaban J connectivity index is 1.66. The smallest absolute Gasteiger partial charge is 0.127 e. The fourth-order valence-corrected chi connectivity index (χ4v) is 2.41. The van der Waals surface area contributed by atoms with Crippen molar-refractivity contribution in [3.8, 4) is 11.5 Å². The summed E-state index contributed by atoms with van der Waals surface area (Å²) in [7, 11) is 0. The van der Waals surface area contributed by atoms with Gasteiger partial charge in [-0.1, -0.05) is 48.9 Å². The number of unbranched alkanes of at least 4 members (excludes halogenated alkanes) is 1. The zero-order chi connectivity index (χ0) is 15.9. The monoisotopic (exact) mass is 307 g/mol. The van der Waals surface area contributed by atoms with E-state index < -0.39 is 0 Å². The molecule has 1 heterocycles. The van der Waals surface area contributed by atoms with Gasteiger partial charge in [-0.25, -0.2) is 4.68 Å². The van der Waals surface area contributed by atoms with E-state index in [0.717, 1.165) is 35.6 Å². The van der Waals surface area contributed by atoms with Crippen molar-refractivity contribution in [2.45, 2.75) is 32.7 Å². The molecule has 2 aromatic carbocycles. The second-order valence-electron chi connectivity index (χ2n) is 5.57. The molecular weight excluding hydrogens is 286 g/mol. The minimum absolute atomic E-state index is 0.700. The Morgan fingerprint density at radius 2 is 1.83 bits per heavy atom. The summed E-state index contributed by atoms with van der Waals surface area (Å²) in [4.78, 5) is 0. The predicted octanol–water partition coefficient (Wildman–Crippen LogP) is 4.46. The van der Waals surface area contributed by atoms with Crippen molar-refractivity contribution >= 4 is 0 Å². The van der Waals surface area contributed by atoms with Crippen molar-refractivity contribution in [2.75, 3.05) is 0 Å². The van der Waals surface area contributed by atoms with Crippen LogP contribution in [-0.4, -0.2) is 15.0 Å². The zero-order valence-corrected chi connectivity index (χ0v) is 13.4. The number of para-hydroxylation sites is 1. The number of aromatic nitrogens is 3. The minimum atomic E-state index is 0.700. The van der Waals surface area contributed by atoms with Crippen LogP contribution in [0.2, 0.25) is 0 Å². The maximum atomic E-state index is 5.87. The number of ether oxygens (including phenoxy) is 1. The Bertz CT molecular complexity index is 737. The van der Waals surface area contributed by atoms with Gasteiger partial charge < -0.3 is 4.74 Å². The molecule has 0 saturated heterocycles. The van der Waals surface area contributed by atoms with Crippen LogP contribution < -0.4 is 4.74 Å². The zero-order valence-electron chi connectivity index (χ0n) is 13.4. The summed E-state index contributed by atoms with van der Waals surface area (Å²) in [6.07, 6.45) is 5.35. The van der Waals surface area contributed by atoms with Crippen LogP contribution in [0.3, 0.4) is 0 Å². The molecule has 4 heteroatoms. The van der Waals surface area contributed by atoms with E-state index in [0.29, 0.717) is 6.54 Å². The lowest BCUT2D eigenvalue weighted by Crippen LogP contribution is -2.00. The van der Waals surface area contributed by atoms with Crippen molar-refractivity contribution < 1.29 is 4.74 Å².